The van der Waals surface area contributed by atoms with Gasteiger partial charge in [-0.05, 0) is 43.9 Å². The summed E-state index contributed by atoms with van der Waals surface area (Å²) in [5, 5.41) is 9.82. The molecule has 2 N–H and O–H groups in total. The zero-order chi connectivity index (χ0) is 27.7. The number of nitrogens with one attached hydrogen (secondary N) is 2. The largest absolute Gasteiger partial charge is 0.493 e. The van der Waals surface area contributed by atoms with E-state index in [1.54, 1.807) is 31.3 Å². The maximum Gasteiger partial charge on any atom is 0.257 e. The van der Waals surface area contributed by atoms with E-state index >= 15 is 0 Å². The molecule has 10 nitrogen and oxygen atoms in total. The molecule has 39 heavy (non-hydrogen) atoms. The molecule has 1 fully saturated rings. The van der Waals surface area contributed by atoms with Gasteiger partial charge in [-0.3, -0.25) is 9.59 Å². The lowest BCUT2D eigenvalue weighted by molar-refractivity contribution is -0.114. The fourth-order valence-corrected chi connectivity index (χ4v) is 4.06. The molecule has 3 aromatic heterocycles. The van der Waals surface area contributed by atoms with Crippen molar-refractivity contribution in [3.8, 4) is 22.9 Å². The van der Waals surface area contributed by atoms with Crippen molar-refractivity contribution >= 4 is 23.3 Å². The summed E-state index contributed by atoms with van der Waals surface area (Å²) in [6, 6.07) is 6.90. The van der Waals surface area contributed by atoms with E-state index in [-0.39, 0.29) is 35.2 Å². The van der Waals surface area contributed by atoms with Crippen LogP contribution in [0, 0.1) is 24.5 Å². The molecule has 0 unspecified atom stereocenters. The molecule has 202 valence electrons. The van der Waals surface area contributed by atoms with Gasteiger partial charge in [0.25, 0.3) is 5.91 Å². The van der Waals surface area contributed by atoms with Gasteiger partial charge in [-0.15, -0.1) is 0 Å². The Morgan fingerprint density at radius 3 is 2.67 bits per heavy atom. The lowest BCUT2D eigenvalue weighted by Gasteiger charge is -2.15. The molecule has 5 rings (SSSR count). The number of fused-ring (bicyclic) bond motifs is 1. The molecule has 12 heteroatoms. The van der Waals surface area contributed by atoms with Gasteiger partial charge in [0.15, 0.2) is 11.5 Å². The Balaban J connectivity index is 1.41. The van der Waals surface area contributed by atoms with Crippen LogP contribution in [0.4, 0.5) is 14.6 Å². The minimum atomic E-state index is -0.813. The number of benzene rings is 1. The number of hydrogen-bond donors (Lipinski definition) is 2. The van der Waals surface area contributed by atoms with Crippen molar-refractivity contribution in [2.75, 3.05) is 19.0 Å². The van der Waals surface area contributed by atoms with Crippen LogP contribution in [0.5, 0.6) is 11.6 Å². The number of pyridine rings is 1. The average molecular weight is 537 g/mol. The van der Waals surface area contributed by atoms with Gasteiger partial charge < -0.3 is 20.1 Å². The second-order valence-corrected chi connectivity index (χ2v) is 9.31. The Morgan fingerprint density at radius 2 is 1.95 bits per heavy atom. The molecule has 0 bridgehead atoms. The van der Waals surface area contributed by atoms with E-state index in [1.165, 1.54) is 18.5 Å². The summed E-state index contributed by atoms with van der Waals surface area (Å²) in [4.78, 5) is 33.3. The van der Waals surface area contributed by atoms with E-state index in [2.05, 4.69) is 25.7 Å². The maximum atomic E-state index is 14.6. The lowest BCUT2D eigenvalue weighted by Crippen LogP contribution is -2.25. The van der Waals surface area contributed by atoms with Crippen LogP contribution in [-0.2, 0) is 11.3 Å². The predicted octanol–water partition coefficient (Wildman–Crippen LogP) is 4.06. The molecule has 1 saturated carbocycles. The highest BCUT2D eigenvalue weighted by Crippen LogP contribution is 2.32. The molecule has 4 aromatic rings. The third-order valence-electron chi connectivity index (χ3n) is 6.23. The smallest absolute Gasteiger partial charge is 0.257 e. The number of aromatic nitrogens is 4. The molecule has 0 saturated heterocycles. The molecule has 3 heterocycles. The Bertz CT molecular complexity index is 1580. The molecule has 0 spiro atoms. The minimum absolute atomic E-state index is 0.0480. The van der Waals surface area contributed by atoms with Crippen LogP contribution in [0.1, 0.15) is 41.4 Å². The first kappa shape index (κ1) is 26.0. The van der Waals surface area contributed by atoms with Crippen LogP contribution in [-0.4, -0.2) is 45.1 Å². The molecular formula is C27H26F2N6O4. The van der Waals surface area contributed by atoms with E-state index in [1.807, 2.05) is 0 Å². The number of rotatable bonds is 9. The van der Waals surface area contributed by atoms with Crippen molar-refractivity contribution in [2.24, 2.45) is 5.92 Å². The van der Waals surface area contributed by atoms with Crippen LogP contribution < -0.4 is 20.1 Å². The lowest BCUT2D eigenvalue weighted by atomic mass is 10.1. The van der Waals surface area contributed by atoms with Crippen molar-refractivity contribution in [3.63, 3.8) is 0 Å². The first-order chi connectivity index (χ1) is 18.7. The number of halogens is 2. The van der Waals surface area contributed by atoms with Gasteiger partial charge in [0.1, 0.15) is 22.9 Å². The Hall–Kier alpha value is -4.61. The summed E-state index contributed by atoms with van der Waals surface area (Å²) < 4.78 is 41.0. The quantitative estimate of drug-likeness (QED) is 0.331. The number of ether oxygens (including phenoxy) is 2. The van der Waals surface area contributed by atoms with Gasteiger partial charge in [-0.1, -0.05) is 0 Å². The summed E-state index contributed by atoms with van der Waals surface area (Å²) in [5.74, 6) is -1.53. The first-order valence-electron chi connectivity index (χ1n) is 12.3. The fraction of sp³-hybridized carbons (Fsp3) is 0.296. The van der Waals surface area contributed by atoms with E-state index in [4.69, 9.17) is 9.47 Å². The summed E-state index contributed by atoms with van der Waals surface area (Å²) in [5.41, 5.74) is 2.27. The molecule has 1 aromatic carbocycles. The monoisotopic (exact) mass is 536 g/mol. The number of anilines is 1. The van der Waals surface area contributed by atoms with Gasteiger partial charge in [0.2, 0.25) is 11.8 Å². The second kappa shape index (κ2) is 10.6. The molecule has 0 radical (unpaired) electrons. The number of nitrogens with zero attached hydrogens (tertiary/aromatic N) is 4. The number of imidazole rings is 1. The van der Waals surface area contributed by atoms with Crippen molar-refractivity contribution < 1.29 is 27.8 Å². The number of carbonyl (C=O) groups excluding carboxylic acids is 2. The topological polar surface area (TPSA) is 120 Å². The normalized spacial score (nSPS) is 12.8. The van der Waals surface area contributed by atoms with E-state index in [0.29, 0.717) is 40.9 Å². The van der Waals surface area contributed by atoms with Crippen molar-refractivity contribution in [1.82, 2.24) is 24.9 Å². The zero-order valence-corrected chi connectivity index (χ0v) is 21.5. The molecule has 0 atom stereocenters. The first-order valence-corrected chi connectivity index (χ1v) is 12.3. The van der Waals surface area contributed by atoms with Crippen LogP contribution >= 0.6 is 0 Å². The molecule has 2 amide bonds. The van der Waals surface area contributed by atoms with Crippen molar-refractivity contribution in [3.05, 3.63) is 65.0 Å². The van der Waals surface area contributed by atoms with Crippen LogP contribution in [0.25, 0.3) is 16.9 Å². The highest BCUT2D eigenvalue weighted by molar-refractivity contribution is 5.97. The number of amides is 2. The fourth-order valence-electron chi connectivity index (χ4n) is 4.06. The van der Waals surface area contributed by atoms with E-state index < -0.39 is 17.5 Å². The van der Waals surface area contributed by atoms with E-state index in [0.717, 1.165) is 25.0 Å². The standard InChI is InChI=1S/C27H26F2N6O4/c1-14-18(22-6-7-25-33-24(32-15(2)36)12-35(25)34-22)10-19(27(31-14)38-3)26(37)30-11-20-21(29)8-17(28)9-23(20)39-13-16-4-5-16/h6-10,12,16H,4-5,11,13H2,1-3H3,(H,30,37)(H,32,36). The van der Waals surface area contributed by atoms with Gasteiger partial charge in [0.05, 0.1) is 31.3 Å². The maximum absolute atomic E-state index is 14.6. The second-order valence-electron chi connectivity index (χ2n) is 9.31. The number of carbonyl (C=O) groups is 2. The number of hydrogen-bond acceptors (Lipinski definition) is 7. The van der Waals surface area contributed by atoms with Crippen LogP contribution in [0.3, 0.4) is 0 Å². The molecule has 1 aliphatic rings. The minimum Gasteiger partial charge on any atom is -0.493 e. The van der Waals surface area contributed by atoms with Crippen LogP contribution in [0.15, 0.2) is 36.5 Å². The van der Waals surface area contributed by atoms with Crippen LogP contribution in [0.2, 0.25) is 0 Å². The number of aryl methyl sites for hydroxylation is 1. The third kappa shape index (κ3) is 5.79. The Labute approximate surface area is 222 Å². The summed E-state index contributed by atoms with van der Waals surface area (Å²) in [7, 11) is 1.39. The predicted molar refractivity (Wildman–Crippen MR) is 138 cm³/mol. The van der Waals surface area contributed by atoms with Crippen molar-refractivity contribution in [2.45, 2.75) is 33.2 Å². The van der Waals surface area contributed by atoms with E-state index in [9.17, 15) is 18.4 Å². The third-order valence-corrected chi connectivity index (χ3v) is 6.23. The summed E-state index contributed by atoms with van der Waals surface area (Å²) >= 11 is 0. The Morgan fingerprint density at radius 1 is 1.15 bits per heavy atom. The highest BCUT2D eigenvalue weighted by Gasteiger charge is 2.24. The number of methoxy groups -OCH3 is 1. The average Bonchev–Trinajstić information content (AvgIpc) is 3.63. The molecule has 0 aliphatic heterocycles. The Kier molecular flexibility index (Phi) is 7.09. The van der Waals surface area contributed by atoms with Gasteiger partial charge in [0, 0.05) is 36.7 Å². The molecular weight excluding hydrogens is 510 g/mol. The molecule has 1 aliphatic carbocycles. The van der Waals surface area contributed by atoms with Crippen molar-refractivity contribution in [1.29, 1.82) is 0 Å². The zero-order valence-electron chi connectivity index (χ0n) is 21.5. The highest BCUT2D eigenvalue weighted by atomic mass is 19.1. The van der Waals surface area contributed by atoms with Gasteiger partial charge >= 0.3 is 0 Å². The summed E-state index contributed by atoms with van der Waals surface area (Å²) in [6.45, 7) is 3.26. The summed E-state index contributed by atoms with van der Waals surface area (Å²) in [6.07, 6.45) is 3.61. The SMILES string of the molecule is COc1nc(C)c(-c2ccc3nc(NC(C)=O)cn3n2)cc1C(=O)NCc1c(F)cc(F)cc1OCC1CC1. The van der Waals surface area contributed by atoms with Gasteiger partial charge in [-0.2, -0.15) is 5.10 Å². The van der Waals surface area contributed by atoms with Gasteiger partial charge in [-0.25, -0.2) is 23.3 Å².